The SMILES string of the molecule is CC[C@@H](O)[C@@H](N)c1cc(OC)c(O)c(OC)c1.Cl. The molecule has 0 aliphatic rings. The van der Waals surface area contributed by atoms with Crippen LogP contribution in [0.5, 0.6) is 17.2 Å². The normalized spacial score (nSPS) is 13.4. The van der Waals surface area contributed by atoms with Crippen molar-refractivity contribution in [3.8, 4) is 17.2 Å². The average molecular weight is 278 g/mol. The van der Waals surface area contributed by atoms with Gasteiger partial charge in [-0.25, -0.2) is 0 Å². The zero-order chi connectivity index (χ0) is 13.0. The first-order chi connectivity index (χ1) is 8.04. The molecule has 0 fully saturated rings. The number of rotatable bonds is 5. The molecule has 0 aliphatic carbocycles. The number of aromatic hydroxyl groups is 1. The third kappa shape index (κ3) is 3.41. The molecule has 0 heterocycles. The number of hydrogen-bond acceptors (Lipinski definition) is 5. The van der Waals surface area contributed by atoms with Gasteiger partial charge in [0.05, 0.1) is 26.4 Å². The van der Waals surface area contributed by atoms with Crippen LogP contribution in [0.4, 0.5) is 0 Å². The summed E-state index contributed by atoms with van der Waals surface area (Å²) in [6.45, 7) is 1.85. The van der Waals surface area contributed by atoms with Crippen LogP contribution in [0.2, 0.25) is 0 Å². The summed E-state index contributed by atoms with van der Waals surface area (Å²) in [5, 5.41) is 19.4. The predicted octanol–water partition coefficient (Wildman–Crippen LogP) is 1.60. The lowest BCUT2D eigenvalue weighted by atomic mass is 10.00. The topological polar surface area (TPSA) is 84.9 Å². The Bertz CT molecular complexity index is 361. The highest BCUT2D eigenvalue weighted by atomic mass is 35.5. The number of methoxy groups -OCH3 is 2. The standard InChI is InChI=1S/C12H19NO4.ClH/c1-4-8(14)11(13)7-5-9(16-2)12(15)10(6-7)17-3;/h5-6,8,11,14-15H,4,13H2,1-3H3;1H/t8-,11+;/m1./s1. The van der Waals surface area contributed by atoms with Crippen molar-refractivity contribution in [1.29, 1.82) is 0 Å². The lowest BCUT2D eigenvalue weighted by Crippen LogP contribution is -2.25. The third-order valence-corrected chi connectivity index (χ3v) is 2.72. The van der Waals surface area contributed by atoms with E-state index in [4.69, 9.17) is 15.2 Å². The number of ether oxygens (including phenoxy) is 2. The fraction of sp³-hybridized carbons (Fsp3) is 0.500. The minimum atomic E-state index is -0.644. The zero-order valence-corrected chi connectivity index (χ0v) is 11.5. The minimum Gasteiger partial charge on any atom is -0.502 e. The summed E-state index contributed by atoms with van der Waals surface area (Å²) in [5.74, 6) is 0.480. The van der Waals surface area contributed by atoms with E-state index in [1.807, 2.05) is 6.92 Å². The Morgan fingerprint density at radius 2 is 1.67 bits per heavy atom. The first-order valence-corrected chi connectivity index (χ1v) is 5.43. The molecule has 0 aliphatic heterocycles. The second-order valence-electron chi connectivity index (χ2n) is 3.78. The molecule has 0 saturated heterocycles. The Labute approximate surface area is 113 Å². The van der Waals surface area contributed by atoms with Crippen molar-refractivity contribution >= 4 is 12.4 Å². The molecule has 104 valence electrons. The fourth-order valence-electron chi connectivity index (χ4n) is 1.58. The van der Waals surface area contributed by atoms with Gasteiger partial charge in [0, 0.05) is 0 Å². The Morgan fingerprint density at radius 3 is 2.00 bits per heavy atom. The van der Waals surface area contributed by atoms with Gasteiger partial charge >= 0.3 is 0 Å². The number of benzene rings is 1. The molecule has 2 atom stereocenters. The first-order valence-electron chi connectivity index (χ1n) is 5.43. The zero-order valence-electron chi connectivity index (χ0n) is 10.7. The van der Waals surface area contributed by atoms with E-state index in [2.05, 4.69) is 0 Å². The van der Waals surface area contributed by atoms with Crippen molar-refractivity contribution in [1.82, 2.24) is 0 Å². The summed E-state index contributed by atoms with van der Waals surface area (Å²) in [5.41, 5.74) is 6.56. The monoisotopic (exact) mass is 277 g/mol. The lowest BCUT2D eigenvalue weighted by molar-refractivity contribution is 0.140. The molecular formula is C12H20ClNO4. The molecule has 1 rings (SSSR count). The number of nitrogens with two attached hydrogens (primary N) is 1. The van der Waals surface area contributed by atoms with Crippen LogP contribution < -0.4 is 15.2 Å². The highest BCUT2D eigenvalue weighted by Crippen LogP contribution is 2.38. The van der Waals surface area contributed by atoms with E-state index in [9.17, 15) is 10.2 Å². The van der Waals surface area contributed by atoms with Crippen LogP contribution in [0.1, 0.15) is 24.9 Å². The van der Waals surface area contributed by atoms with Crippen LogP contribution in [-0.2, 0) is 0 Å². The van der Waals surface area contributed by atoms with E-state index in [0.717, 1.165) is 0 Å². The Hall–Kier alpha value is -1.17. The van der Waals surface area contributed by atoms with Crippen molar-refractivity contribution in [2.45, 2.75) is 25.5 Å². The van der Waals surface area contributed by atoms with Crippen LogP contribution in [0, 0.1) is 0 Å². The second kappa shape index (κ2) is 7.31. The van der Waals surface area contributed by atoms with Gasteiger partial charge in [0.15, 0.2) is 11.5 Å². The molecule has 0 aromatic heterocycles. The maximum absolute atomic E-state index is 9.74. The van der Waals surface area contributed by atoms with Gasteiger partial charge in [-0.1, -0.05) is 6.92 Å². The summed E-state index contributed by atoms with van der Waals surface area (Å²) < 4.78 is 10.0. The minimum absolute atomic E-state index is 0. The summed E-state index contributed by atoms with van der Waals surface area (Å²) >= 11 is 0. The van der Waals surface area contributed by atoms with E-state index < -0.39 is 12.1 Å². The number of aliphatic hydroxyl groups excluding tert-OH is 1. The van der Waals surface area contributed by atoms with Gasteiger partial charge < -0.3 is 25.4 Å². The van der Waals surface area contributed by atoms with Gasteiger partial charge in [-0.15, -0.1) is 12.4 Å². The van der Waals surface area contributed by atoms with E-state index in [0.29, 0.717) is 12.0 Å². The van der Waals surface area contributed by atoms with Crippen LogP contribution in [0.3, 0.4) is 0 Å². The van der Waals surface area contributed by atoms with Gasteiger partial charge in [0.1, 0.15) is 0 Å². The molecule has 0 saturated carbocycles. The quantitative estimate of drug-likeness (QED) is 0.761. The molecule has 1 aromatic carbocycles. The van der Waals surface area contributed by atoms with Crippen molar-refractivity contribution in [2.24, 2.45) is 5.73 Å². The van der Waals surface area contributed by atoms with Crippen molar-refractivity contribution in [3.63, 3.8) is 0 Å². The van der Waals surface area contributed by atoms with Gasteiger partial charge in [0.2, 0.25) is 5.75 Å². The largest absolute Gasteiger partial charge is 0.502 e. The highest BCUT2D eigenvalue weighted by Gasteiger charge is 2.19. The Morgan fingerprint density at radius 1 is 1.22 bits per heavy atom. The summed E-state index contributed by atoms with van der Waals surface area (Å²) in [4.78, 5) is 0. The Kier molecular flexibility index (Phi) is 6.83. The first kappa shape index (κ1) is 16.8. The molecule has 0 amide bonds. The van der Waals surface area contributed by atoms with Gasteiger partial charge in [-0.3, -0.25) is 0 Å². The number of phenolic OH excluding ortho intramolecular Hbond substituents is 1. The summed E-state index contributed by atoms with van der Waals surface area (Å²) in [6.07, 6.45) is -0.0962. The molecule has 0 unspecified atom stereocenters. The molecular weight excluding hydrogens is 258 g/mol. The predicted molar refractivity (Wildman–Crippen MR) is 71.7 cm³/mol. The number of halogens is 1. The molecule has 1 aromatic rings. The molecule has 0 spiro atoms. The smallest absolute Gasteiger partial charge is 0.200 e. The van der Waals surface area contributed by atoms with E-state index >= 15 is 0 Å². The number of hydrogen-bond donors (Lipinski definition) is 3. The van der Waals surface area contributed by atoms with Crippen molar-refractivity contribution in [2.75, 3.05) is 14.2 Å². The maximum atomic E-state index is 9.74. The summed E-state index contributed by atoms with van der Waals surface area (Å²) in [7, 11) is 2.89. The van der Waals surface area contributed by atoms with Crippen molar-refractivity contribution in [3.05, 3.63) is 17.7 Å². The molecule has 0 radical (unpaired) electrons. The third-order valence-electron chi connectivity index (χ3n) is 2.72. The molecule has 0 bridgehead atoms. The van der Waals surface area contributed by atoms with E-state index in [-0.39, 0.29) is 29.7 Å². The van der Waals surface area contributed by atoms with Crippen LogP contribution in [-0.4, -0.2) is 30.5 Å². The lowest BCUT2D eigenvalue weighted by Gasteiger charge is -2.19. The van der Waals surface area contributed by atoms with E-state index in [1.165, 1.54) is 14.2 Å². The Balaban J connectivity index is 0.00000289. The number of phenols is 1. The maximum Gasteiger partial charge on any atom is 0.200 e. The molecule has 5 nitrogen and oxygen atoms in total. The number of aliphatic hydroxyl groups is 1. The molecule has 4 N–H and O–H groups in total. The molecule has 18 heavy (non-hydrogen) atoms. The van der Waals surface area contributed by atoms with Crippen LogP contribution in [0.25, 0.3) is 0 Å². The van der Waals surface area contributed by atoms with Crippen LogP contribution in [0.15, 0.2) is 12.1 Å². The van der Waals surface area contributed by atoms with Crippen LogP contribution >= 0.6 is 12.4 Å². The molecule has 6 heteroatoms. The van der Waals surface area contributed by atoms with Gasteiger partial charge in [-0.2, -0.15) is 0 Å². The van der Waals surface area contributed by atoms with Gasteiger partial charge in [-0.05, 0) is 24.1 Å². The fourth-order valence-corrected chi connectivity index (χ4v) is 1.58. The highest BCUT2D eigenvalue weighted by molar-refractivity contribution is 5.85. The summed E-state index contributed by atoms with van der Waals surface area (Å²) in [6, 6.07) is 2.66. The van der Waals surface area contributed by atoms with E-state index in [1.54, 1.807) is 12.1 Å². The van der Waals surface area contributed by atoms with Crippen molar-refractivity contribution < 1.29 is 19.7 Å². The average Bonchev–Trinajstić information content (AvgIpc) is 2.37. The second-order valence-corrected chi connectivity index (χ2v) is 3.78. The van der Waals surface area contributed by atoms with Gasteiger partial charge in [0.25, 0.3) is 0 Å².